The molecule has 1 aliphatic carbocycles. The second-order valence-corrected chi connectivity index (χ2v) is 8.17. The van der Waals surface area contributed by atoms with E-state index in [2.05, 4.69) is 19.8 Å². The Hall–Kier alpha value is -2.54. The Labute approximate surface area is 163 Å². The number of anilines is 1. The molecule has 3 N–H and O–H groups in total. The molecule has 29 heavy (non-hydrogen) atoms. The number of aromatic nitrogens is 3. The van der Waals surface area contributed by atoms with Gasteiger partial charge in [-0.3, -0.25) is 4.68 Å². The van der Waals surface area contributed by atoms with Gasteiger partial charge in [0.2, 0.25) is 5.03 Å². The molecule has 0 unspecified atom stereocenters. The van der Waals surface area contributed by atoms with E-state index in [1.54, 1.807) is 6.92 Å². The molecular weight excluding hydrogens is 416 g/mol. The number of amides is 2. The van der Waals surface area contributed by atoms with Gasteiger partial charge in [0.05, 0.1) is 11.9 Å². The minimum Gasteiger partial charge on any atom is -0.305 e. The Balaban J connectivity index is 2.01. The summed E-state index contributed by atoms with van der Waals surface area (Å²) in [6, 6.07) is -1.26. The molecule has 0 bridgehead atoms. The smallest absolute Gasteiger partial charge is 0.305 e. The van der Waals surface area contributed by atoms with Crippen LogP contribution in [-0.4, -0.2) is 25.0 Å². The van der Waals surface area contributed by atoms with Gasteiger partial charge in [0.1, 0.15) is 5.69 Å². The number of nitrogens with one attached hydrogen (secondary N) is 1. The van der Waals surface area contributed by atoms with Crippen molar-refractivity contribution < 1.29 is 26.6 Å². The number of hydrogen-bond acceptors (Lipinski definition) is 4. The van der Waals surface area contributed by atoms with E-state index in [1.807, 2.05) is 0 Å². The molecule has 2 heterocycles. The molecule has 13 heteroatoms. The number of carbonyl (C=O) groups excluding carboxylic acids is 1. The first kappa shape index (κ1) is 21.2. The number of alkyl halides is 3. The second kappa shape index (κ2) is 7.37. The summed E-state index contributed by atoms with van der Waals surface area (Å²) >= 11 is 0. The van der Waals surface area contributed by atoms with Gasteiger partial charge in [-0.25, -0.2) is 23.5 Å². The van der Waals surface area contributed by atoms with Crippen molar-refractivity contribution in [2.45, 2.75) is 50.9 Å². The lowest BCUT2D eigenvalue weighted by Gasteiger charge is -2.17. The van der Waals surface area contributed by atoms with E-state index in [1.165, 1.54) is 6.92 Å². The van der Waals surface area contributed by atoms with Crippen molar-refractivity contribution in [1.82, 2.24) is 14.8 Å². The van der Waals surface area contributed by atoms with E-state index >= 15 is 0 Å². The average Bonchev–Trinajstić information content (AvgIpc) is 3.22. The van der Waals surface area contributed by atoms with E-state index in [0.29, 0.717) is 24.8 Å². The molecule has 2 amide bonds. The van der Waals surface area contributed by atoms with E-state index in [9.17, 15) is 26.6 Å². The van der Waals surface area contributed by atoms with Gasteiger partial charge < -0.3 is 5.32 Å². The fourth-order valence-electron chi connectivity index (χ4n) is 3.16. The highest BCUT2D eigenvalue weighted by atomic mass is 32.2. The third kappa shape index (κ3) is 4.10. The summed E-state index contributed by atoms with van der Waals surface area (Å²) in [5, 5.41) is 10.7. The highest BCUT2D eigenvalue weighted by Gasteiger charge is 2.38. The van der Waals surface area contributed by atoms with E-state index in [4.69, 9.17) is 5.14 Å². The maximum absolute atomic E-state index is 13.9. The molecule has 1 atom stereocenters. The standard InChI is InChI=1S/C16H18F4N6O2S/c1-3-26-7-10(17)14(24-26)29(21,28)25-15(27)23-12-8(2)13(16(18,19)20)22-11-6-4-5-9(11)12/h7H,3-6H2,1-2H3,(H3,21,22,23,25,27,28)/t29-/m1/s1. The van der Waals surface area contributed by atoms with Crippen LogP contribution in [0.1, 0.15) is 35.9 Å². The van der Waals surface area contributed by atoms with Crippen LogP contribution >= 0.6 is 0 Å². The molecule has 8 nitrogen and oxygen atoms in total. The molecule has 0 saturated carbocycles. The van der Waals surface area contributed by atoms with Gasteiger partial charge in [-0.2, -0.15) is 18.3 Å². The monoisotopic (exact) mass is 434 g/mol. The quantitative estimate of drug-likeness (QED) is 0.722. The fraction of sp³-hybridized carbons (Fsp3) is 0.438. The van der Waals surface area contributed by atoms with Crippen LogP contribution in [0.25, 0.3) is 0 Å². The molecule has 0 aromatic carbocycles. The number of urea groups is 1. The molecule has 0 spiro atoms. The maximum atomic E-state index is 13.9. The Kier molecular flexibility index (Phi) is 5.38. The third-order valence-electron chi connectivity index (χ3n) is 4.47. The lowest BCUT2D eigenvalue weighted by Crippen LogP contribution is -2.21. The lowest BCUT2D eigenvalue weighted by atomic mass is 10.1. The number of halogens is 4. The topological polar surface area (TPSA) is 115 Å². The Morgan fingerprint density at radius 2 is 2.10 bits per heavy atom. The molecular formula is C16H18F4N6O2S. The fourth-order valence-corrected chi connectivity index (χ4v) is 4.10. The zero-order valence-corrected chi connectivity index (χ0v) is 16.3. The van der Waals surface area contributed by atoms with Crippen molar-refractivity contribution in [1.29, 1.82) is 0 Å². The number of pyridine rings is 1. The van der Waals surface area contributed by atoms with Crippen LogP contribution in [0, 0.1) is 12.7 Å². The summed E-state index contributed by atoms with van der Waals surface area (Å²) in [7, 11) is -4.05. The zero-order valence-electron chi connectivity index (χ0n) is 15.5. The van der Waals surface area contributed by atoms with Gasteiger partial charge in [-0.05, 0) is 38.7 Å². The lowest BCUT2D eigenvalue weighted by molar-refractivity contribution is -0.141. The second-order valence-electron chi connectivity index (χ2n) is 6.46. The van der Waals surface area contributed by atoms with Crippen LogP contribution in [0.5, 0.6) is 0 Å². The maximum Gasteiger partial charge on any atom is 0.433 e. The highest BCUT2D eigenvalue weighted by Crippen LogP contribution is 2.38. The number of fused-ring (bicyclic) bond motifs is 1. The number of nitrogens with two attached hydrogens (primary N) is 1. The Bertz CT molecular complexity index is 1100. The van der Waals surface area contributed by atoms with Gasteiger partial charge in [-0.15, -0.1) is 4.36 Å². The van der Waals surface area contributed by atoms with Crippen LogP contribution in [0.2, 0.25) is 0 Å². The summed E-state index contributed by atoms with van der Waals surface area (Å²) in [6.45, 7) is 3.09. The zero-order chi connectivity index (χ0) is 21.6. The predicted octanol–water partition coefficient (Wildman–Crippen LogP) is 3.19. The van der Waals surface area contributed by atoms with E-state index < -0.39 is 38.7 Å². The molecule has 0 saturated heterocycles. The molecule has 3 rings (SSSR count). The summed E-state index contributed by atoms with van der Waals surface area (Å²) in [6.07, 6.45) is -2.42. The van der Waals surface area contributed by atoms with E-state index in [0.717, 1.165) is 10.9 Å². The minimum absolute atomic E-state index is 0.0941. The van der Waals surface area contributed by atoms with E-state index in [-0.39, 0.29) is 23.5 Å². The summed E-state index contributed by atoms with van der Waals surface area (Å²) in [4.78, 5) is 16.0. The molecule has 2 aromatic rings. The summed E-state index contributed by atoms with van der Waals surface area (Å²) in [5.41, 5.74) is -0.798. The van der Waals surface area contributed by atoms with Gasteiger partial charge in [0.15, 0.2) is 15.7 Å². The van der Waals surface area contributed by atoms with Crippen LogP contribution in [0.3, 0.4) is 0 Å². The summed E-state index contributed by atoms with van der Waals surface area (Å²) in [5.74, 6) is -1.00. The van der Waals surface area contributed by atoms with Crippen molar-refractivity contribution in [3.8, 4) is 0 Å². The van der Waals surface area contributed by atoms with Crippen LogP contribution in [0.15, 0.2) is 15.6 Å². The van der Waals surface area contributed by atoms with Crippen LogP contribution in [0.4, 0.5) is 28.0 Å². The van der Waals surface area contributed by atoms with Gasteiger partial charge in [0.25, 0.3) is 0 Å². The highest BCUT2D eigenvalue weighted by molar-refractivity contribution is 7.91. The first-order valence-corrected chi connectivity index (χ1v) is 10.2. The van der Waals surface area contributed by atoms with Gasteiger partial charge in [0, 0.05) is 17.8 Å². The molecule has 158 valence electrons. The van der Waals surface area contributed by atoms with Gasteiger partial charge >= 0.3 is 12.2 Å². The average molecular weight is 434 g/mol. The first-order valence-electron chi connectivity index (χ1n) is 8.62. The first-order chi connectivity index (χ1) is 13.4. The largest absolute Gasteiger partial charge is 0.433 e. The van der Waals surface area contributed by atoms with Crippen LogP contribution in [-0.2, 0) is 35.5 Å². The number of rotatable bonds is 3. The van der Waals surface area contributed by atoms with Crippen molar-refractivity contribution in [2.75, 3.05) is 5.32 Å². The van der Waals surface area contributed by atoms with Crippen molar-refractivity contribution in [2.24, 2.45) is 9.50 Å². The Morgan fingerprint density at radius 1 is 1.41 bits per heavy atom. The number of carbonyl (C=O) groups is 1. The SMILES string of the molecule is CCn1cc(F)c([S@](N)(=O)=NC(=O)Nc2c(C)c(C(F)(F)F)nc3c2CCC3)n1. The number of hydrogen-bond donors (Lipinski definition) is 2. The number of aryl methyl sites for hydroxylation is 2. The molecule has 2 aromatic heterocycles. The van der Waals surface area contributed by atoms with Crippen molar-refractivity contribution >= 4 is 21.6 Å². The summed E-state index contributed by atoms with van der Waals surface area (Å²) < 4.78 is 70.7. The molecule has 1 aliphatic rings. The Morgan fingerprint density at radius 3 is 2.69 bits per heavy atom. The minimum atomic E-state index is -4.71. The number of nitrogens with zero attached hydrogens (tertiary/aromatic N) is 4. The van der Waals surface area contributed by atoms with Gasteiger partial charge in [-0.1, -0.05) is 0 Å². The third-order valence-corrected chi connectivity index (χ3v) is 5.74. The normalized spacial score (nSPS) is 15.7. The molecule has 0 aliphatic heterocycles. The molecule has 0 fully saturated rings. The molecule has 0 radical (unpaired) electrons. The predicted molar refractivity (Wildman–Crippen MR) is 95.9 cm³/mol. The van der Waals surface area contributed by atoms with Crippen molar-refractivity contribution in [3.05, 3.63) is 34.5 Å². The van der Waals surface area contributed by atoms with Crippen LogP contribution < -0.4 is 10.5 Å². The van der Waals surface area contributed by atoms with Crippen molar-refractivity contribution in [3.63, 3.8) is 0 Å².